The summed E-state index contributed by atoms with van der Waals surface area (Å²) in [6.07, 6.45) is 1.40. The summed E-state index contributed by atoms with van der Waals surface area (Å²) in [6, 6.07) is 8.98. The molecule has 0 aliphatic carbocycles. The molecule has 10 heteroatoms. The maximum atomic E-state index is 12.3. The molecule has 26 heavy (non-hydrogen) atoms. The summed E-state index contributed by atoms with van der Waals surface area (Å²) in [4.78, 5) is 22.6. The van der Waals surface area contributed by atoms with Crippen LogP contribution in [0.25, 0.3) is 0 Å². The summed E-state index contributed by atoms with van der Waals surface area (Å²) in [6.45, 7) is 3.50. The molecule has 8 nitrogen and oxygen atoms in total. The molecule has 0 atom stereocenters. The van der Waals surface area contributed by atoms with Crippen molar-refractivity contribution in [3.63, 3.8) is 0 Å². The largest absolute Gasteiger partial charge is 0.316 e. The number of sulfonamides is 1. The Labute approximate surface area is 154 Å². The molecule has 2 N–H and O–H groups in total. The van der Waals surface area contributed by atoms with Gasteiger partial charge in [-0.05, 0) is 36.4 Å². The van der Waals surface area contributed by atoms with Gasteiger partial charge in [-0.2, -0.15) is 0 Å². The first-order valence-electron chi connectivity index (χ1n) is 7.20. The van der Waals surface area contributed by atoms with Crippen LogP contribution in [0.5, 0.6) is 0 Å². The molecule has 2 aromatic rings. The monoisotopic (exact) mass is 395 g/mol. The lowest BCUT2D eigenvalue weighted by molar-refractivity contribution is -0.383. The van der Waals surface area contributed by atoms with Crippen molar-refractivity contribution in [1.29, 1.82) is 0 Å². The second-order valence-electron chi connectivity index (χ2n) is 5.04. The lowest BCUT2D eigenvalue weighted by atomic mass is 10.2. The van der Waals surface area contributed by atoms with Crippen LogP contribution in [0.1, 0.15) is 10.4 Å². The standard InChI is InChI=1S/C16H14ClN3O5S/c1-2-9-18-26(24,25)13-6-3-11(4-7-13)16(21)19-14-8-5-12(17)10-15(14)20(22)23/h2-8,10,18H,1,9H2,(H,19,21). The van der Waals surface area contributed by atoms with Gasteiger partial charge >= 0.3 is 0 Å². The maximum absolute atomic E-state index is 12.3. The normalized spacial score (nSPS) is 11.0. The number of rotatable bonds is 7. The molecular formula is C16H14ClN3O5S. The zero-order valence-corrected chi connectivity index (χ0v) is 14.9. The van der Waals surface area contributed by atoms with E-state index in [-0.39, 0.29) is 33.4 Å². The Morgan fingerprint density at radius 2 is 1.88 bits per heavy atom. The van der Waals surface area contributed by atoms with Crippen molar-refractivity contribution in [3.8, 4) is 0 Å². The number of carbonyl (C=O) groups excluding carboxylic acids is 1. The average molecular weight is 396 g/mol. The van der Waals surface area contributed by atoms with Crippen LogP contribution >= 0.6 is 11.6 Å². The van der Waals surface area contributed by atoms with E-state index in [1.54, 1.807) is 0 Å². The van der Waals surface area contributed by atoms with Gasteiger partial charge < -0.3 is 5.32 Å². The number of nitro benzene ring substituents is 1. The number of anilines is 1. The van der Waals surface area contributed by atoms with E-state index < -0.39 is 20.9 Å². The van der Waals surface area contributed by atoms with Crippen molar-refractivity contribution < 1.29 is 18.1 Å². The first-order chi connectivity index (χ1) is 12.2. The van der Waals surface area contributed by atoms with Crippen LogP contribution < -0.4 is 10.0 Å². The van der Waals surface area contributed by atoms with E-state index in [1.807, 2.05) is 0 Å². The van der Waals surface area contributed by atoms with E-state index in [4.69, 9.17) is 11.6 Å². The molecule has 0 aromatic heterocycles. The maximum Gasteiger partial charge on any atom is 0.294 e. The van der Waals surface area contributed by atoms with Crippen LogP contribution in [-0.2, 0) is 10.0 Å². The molecule has 0 spiro atoms. The van der Waals surface area contributed by atoms with Gasteiger partial charge in [-0.25, -0.2) is 13.1 Å². The van der Waals surface area contributed by atoms with Crippen LogP contribution in [0, 0.1) is 10.1 Å². The summed E-state index contributed by atoms with van der Waals surface area (Å²) in [5.41, 5.74) is -0.232. The number of amides is 1. The van der Waals surface area contributed by atoms with Gasteiger partial charge in [0.15, 0.2) is 0 Å². The van der Waals surface area contributed by atoms with Crippen molar-refractivity contribution in [3.05, 3.63) is 75.8 Å². The molecule has 0 heterocycles. The Balaban J connectivity index is 2.21. The minimum absolute atomic E-state index is 0.0197. The van der Waals surface area contributed by atoms with E-state index in [0.29, 0.717) is 0 Å². The Hall–Kier alpha value is -2.75. The minimum atomic E-state index is -3.70. The molecule has 0 bridgehead atoms. The first-order valence-corrected chi connectivity index (χ1v) is 9.06. The molecule has 136 valence electrons. The van der Waals surface area contributed by atoms with Crippen molar-refractivity contribution >= 4 is 38.9 Å². The van der Waals surface area contributed by atoms with E-state index in [9.17, 15) is 23.3 Å². The van der Waals surface area contributed by atoms with Gasteiger partial charge in [-0.3, -0.25) is 14.9 Å². The van der Waals surface area contributed by atoms with Gasteiger partial charge in [-0.1, -0.05) is 17.7 Å². The lowest BCUT2D eigenvalue weighted by Crippen LogP contribution is -2.23. The molecule has 0 saturated heterocycles. The highest BCUT2D eigenvalue weighted by molar-refractivity contribution is 7.89. The van der Waals surface area contributed by atoms with E-state index in [0.717, 1.165) is 6.07 Å². The third-order valence-corrected chi connectivity index (χ3v) is 4.92. The van der Waals surface area contributed by atoms with Gasteiger partial charge in [-0.15, -0.1) is 6.58 Å². The van der Waals surface area contributed by atoms with E-state index in [2.05, 4.69) is 16.6 Å². The van der Waals surface area contributed by atoms with E-state index >= 15 is 0 Å². The van der Waals surface area contributed by atoms with E-state index in [1.165, 1.54) is 42.5 Å². The smallest absolute Gasteiger partial charge is 0.294 e. The van der Waals surface area contributed by atoms with Gasteiger partial charge in [0.05, 0.1) is 9.82 Å². The van der Waals surface area contributed by atoms with Gasteiger partial charge in [0.2, 0.25) is 10.0 Å². The Kier molecular flexibility index (Phi) is 6.09. The molecule has 0 radical (unpaired) electrons. The van der Waals surface area contributed by atoms with Gasteiger partial charge in [0.25, 0.3) is 11.6 Å². The van der Waals surface area contributed by atoms with Crippen molar-refractivity contribution in [2.45, 2.75) is 4.90 Å². The number of nitrogens with one attached hydrogen (secondary N) is 2. The molecule has 2 rings (SSSR count). The zero-order valence-electron chi connectivity index (χ0n) is 13.3. The number of nitro groups is 1. The summed E-state index contributed by atoms with van der Waals surface area (Å²) in [5, 5.41) is 13.6. The minimum Gasteiger partial charge on any atom is -0.316 e. The summed E-state index contributed by atoms with van der Waals surface area (Å²) < 4.78 is 26.2. The predicted molar refractivity (Wildman–Crippen MR) is 97.9 cm³/mol. The molecule has 0 unspecified atom stereocenters. The summed E-state index contributed by atoms with van der Waals surface area (Å²) in [7, 11) is -3.70. The first kappa shape index (κ1) is 19.6. The third kappa shape index (κ3) is 4.66. The fraction of sp³-hybridized carbons (Fsp3) is 0.0625. The highest BCUT2D eigenvalue weighted by atomic mass is 35.5. The highest BCUT2D eigenvalue weighted by Gasteiger charge is 2.18. The van der Waals surface area contributed by atoms with Crippen LogP contribution in [0.2, 0.25) is 5.02 Å². The number of halogens is 1. The topological polar surface area (TPSA) is 118 Å². The third-order valence-electron chi connectivity index (χ3n) is 3.25. The fourth-order valence-corrected chi connectivity index (χ4v) is 3.16. The summed E-state index contributed by atoms with van der Waals surface area (Å²) >= 11 is 5.72. The van der Waals surface area contributed by atoms with Gasteiger partial charge in [0, 0.05) is 23.2 Å². The molecule has 0 aliphatic heterocycles. The van der Waals surface area contributed by atoms with Crippen LogP contribution in [0.3, 0.4) is 0 Å². The zero-order chi connectivity index (χ0) is 19.3. The molecule has 0 fully saturated rings. The van der Waals surface area contributed by atoms with Crippen molar-refractivity contribution in [2.24, 2.45) is 0 Å². The van der Waals surface area contributed by atoms with Crippen LogP contribution in [0.4, 0.5) is 11.4 Å². The van der Waals surface area contributed by atoms with Crippen LogP contribution in [0.15, 0.2) is 60.0 Å². The molecule has 1 amide bonds. The molecule has 0 aliphatic rings. The predicted octanol–water partition coefficient (Wildman–Crippen LogP) is 2.96. The Bertz CT molecular complexity index is 958. The summed E-state index contributed by atoms with van der Waals surface area (Å²) in [5.74, 6) is -0.626. The highest BCUT2D eigenvalue weighted by Crippen LogP contribution is 2.28. The number of hydrogen-bond donors (Lipinski definition) is 2. The lowest BCUT2D eigenvalue weighted by Gasteiger charge is -2.08. The van der Waals surface area contributed by atoms with Crippen molar-refractivity contribution in [2.75, 3.05) is 11.9 Å². The Morgan fingerprint density at radius 1 is 1.23 bits per heavy atom. The van der Waals surface area contributed by atoms with Gasteiger partial charge in [0.1, 0.15) is 5.69 Å². The second kappa shape index (κ2) is 8.09. The number of carbonyl (C=O) groups is 1. The molecular weight excluding hydrogens is 382 g/mol. The number of benzene rings is 2. The van der Waals surface area contributed by atoms with Crippen molar-refractivity contribution in [1.82, 2.24) is 4.72 Å². The Morgan fingerprint density at radius 3 is 2.46 bits per heavy atom. The molecule has 2 aromatic carbocycles. The molecule has 0 saturated carbocycles. The number of hydrogen-bond acceptors (Lipinski definition) is 5. The average Bonchev–Trinajstić information content (AvgIpc) is 2.61. The number of nitrogens with zero attached hydrogens (tertiary/aromatic N) is 1. The quantitative estimate of drug-likeness (QED) is 0.424. The SMILES string of the molecule is C=CCNS(=O)(=O)c1ccc(C(=O)Nc2ccc(Cl)cc2[N+](=O)[O-])cc1. The second-order valence-corrected chi connectivity index (χ2v) is 7.24. The van der Waals surface area contributed by atoms with Crippen LogP contribution in [-0.4, -0.2) is 25.8 Å². The fourth-order valence-electron chi connectivity index (χ4n) is 1.99.